The molecule has 0 atom stereocenters. The van der Waals surface area contributed by atoms with Crippen molar-refractivity contribution in [1.82, 2.24) is 4.72 Å². The molecule has 2 N–H and O–H groups in total. The van der Waals surface area contributed by atoms with Crippen LogP contribution in [0.1, 0.15) is 5.56 Å². The quantitative estimate of drug-likeness (QED) is 0.791. The van der Waals surface area contributed by atoms with Gasteiger partial charge in [0.25, 0.3) is 0 Å². The van der Waals surface area contributed by atoms with Crippen molar-refractivity contribution in [2.75, 3.05) is 13.2 Å². The molecule has 0 radical (unpaired) electrons. The Morgan fingerprint density at radius 3 is 2.67 bits per heavy atom. The number of hydrogen-bond acceptors (Lipinski definition) is 3. The third-order valence-corrected chi connectivity index (χ3v) is 3.28. The highest BCUT2D eigenvalue weighted by Gasteiger charge is 2.17. The Hall–Kier alpha value is -0.980. The molecule has 0 unspecified atom stereocenters. The number of rotatable bonds is 4. The van der Waals surface area contributed by atoms with E-state index < -0.39 is 20.7 Å². The summed E-state index contributed by atoms with van der Waals surface area (Å²) >= 11 is 0. The monoisotopic (exact) mass is 233 g/mol. The number of halogens is 1. The zero-order valence-electron chi connectivity index (χ0n) is 8.20. The van der Waals surface area contributed by atoms with E-state index in [4.69, 9.17) is 5.11 Å². The molecular weight excluding hydrogens is 221 g/mol. The van der Waals surface area contributed by atoms with Gasteiger partial charge in [-0.05, 0) is 24.6 Å². The minimum Gasteiger partial charge on any atom is -0.395 e. The van der Waals surface area contributed by atoms with E-state index in [1.54, 1.807) is 6.92 Å². The molecule has 0 aliphatic carbocycles. The van der Waals surface area contributed by atoms with Crippen LogP contribution in [0.4, 0.5) is 4.39 Å². The highest BCUT2D eigenvalue weighted by molar-refractivity contribution is 7.89. The lowest BCUT2D eigenvalue weighted by atomic mass is 10.2. The van der Waals surface area contributed by atoms with Gasteiger partial charge < -0.3 is 5.11 Å². The predicted molar refractivity (Wildman–Crippen MR) is 53.4 cm³/mol. The maximum Gasteiger partial charge on any atom is 0.243 e. The number of sulfonamides is 1. The van der Waals surface area contributed by atoms with Crippen molar-refractivity contribution in [3.63, 3.8) is 0 Å². The van der Waals surface area contributed by atoms with E-state index >= 15 is 0 Å². The van der Waals surface area contributed by atoms with Crippen LogP contribution in [0.5, 0.6) is 0 Å². The second kappa shape index (κ2) is 4.69. The molecule has 0 heterocycles. The van der Waals surface area contributed by atoms with E-state index in [0.29, 0.717) is 5.56 Å². The van der Waals surface area contributed by atoms with Gasteiger partial charge in [0.15, 0.2) is 0 Å². The average molecular weight is 233 g/mol. The molecule has 0 aliphatic rings. The first kappa shape index (κ1) is 12.1. The minimum atomic E-state index is -3.85. The molecule has 0 spiro atoms. The van der Waals surface area contributed by atoms with Gasteiger partial charge >= 0.3 is 0 Å². The van der Waals surface area contributed by atoms with Crippen molar-refractivity contribution < 1.29 is 17.9 Å². The standard InChI is InChI=1S/C9H12FNO3S/c1-7-2-3-9(8(10)6-7)15(13,14)11-4-5-12/h2-3,6,11-12H,4-5H2,1H3. The Morgan fingerprint density at radius 2 is 2.13 bits per heavy atom. The van der Waals surface area contributed by atoms with Crippen molar-refractivity contribution in [3.05, 3.63) is 29.6 Å². The highest BCUT2D eigenvalue weighted by Crippen LogP contribution is 2.15. The summed E-state index contributed by atoms with van der Waals surface area (Å²) < 4.78 is 38.3. The normalized spacial score (nSPS) is 11.7. The summed E-state index contributed by atoms with van der Waals surface area (Å²) in [5, 5.41) is 8.47. The Labute approximate surface area is 87.8 Å². The number of hydrogen-bond donors (Lipinski definition) is 2. The fourth-order valence-electron chi connectivity index (χ4n) is 1.08. The van der Waals surface area contributed by atoms with E-state index in [9.17, 15) is 12.8 Å². The molecule has 0 fully saturated rings. The van der Waals surface area contributed by atoms with Crippen LogP contribution < -0.4 is 4.72 Å². The molecule has 6 heteroatoms. The summed E-state index contributed by atoms with van der Waals surface area (Å²) in [6.07, 6.45) is 0. The van der Waals surface area contributed by atoms with Crippen LogP contribution in [-0.4, -0.2) is 26.7 Å². The van der Waals surface area contributed by atoms with Gasteiger partial charge in [0, 0.05) is 6.54 Å². The summed E-state index contributed by atoms with van der Waals surface area (Å²) in [7, 11) is -3.85. The number of aliphatic hydroxyl groups excluding tert-OH is 1. The van der Waals surface area contributed by atoms with E-state index in [1.165, 1.54) is 12.1 Å². The van der Waals surface area contributed by atoms with Crippen molar-refractivity contribution in [3.8, 4) is 0 Å². The van der Waals surface area contributed by atoms with Crippen LogP contribution in [0.3, 0.4) is 0 Å². The van der Waals surface area contributed by atoms with E-state index in [-0.39, 0.29) is 13.2 Å². The van der Waals surface area contributed by atoms with Gasteiger partial charge in [0.05, 0.1) is 6.61 Å². The third kappa shape index (κ3) is 2.98. The number of aryl methyl sites for hydroxylation is 1. The number of benzene rings is 1. The van der Waals surface area contributed by atoms with E-state index in [2.05, 4.69) is 4.72 Å². The maximum atomic E-state index is 13.3. The van der Waals surface area contributed by atoms with Crippen molar-refractivity contribution in [2.24, 2.45) is 0 Å². The lowest BCUT2D eigenvalue weighted by Gasteiger charge is -2.06. The van der Waals surface area contributed by atoms with Crippen molar-refractivity contribution in [1.29, 1.82) is 0 Å². The molecule has 0 bridgehead atoms. The van der Waals surface area contributed by atoms with Crippen LogP contribution in [0, 0.1) is 12.7 Å². The fourth-order valence-corrected chi connectivity index (χ4v) is 2.16. The summed E-state index contributed by atoms with van der Waals surface area (Å²) in [4.78, 5) is -0.401. The smallest absolute Gasteiger partial charge is 0.243 e. The molecule has 0 amide bonds. The lowest BCUT2D eigenvalue weighted by molar-refractivity contribution is 0.301. The third-order valence-electron chi connectivity index (χ3n) is 1.78. The van der Waals surface area contributed by atoms with Crippen LogP contribution >= 0.6 is 0 Å². The zero-order chi connectivity index (χ0) is 11.5. The molecule has 1 aromatic carbocycles. The Balaban J connectivity index is 3.05. The second-order valence-corrected chi connectivity index (χ2v) is 4.79. The summed E-state index contributed by atoms with van der Waals surface area (Å²) in [6, 6.07) is 3.86. The molecule has 0 saturated carbocycles. The predicted octanol–water partition coefficient (Wildman–Crippen LogP) is 0.405. The van der Waals surface area contributed by atoms with Crippen LogP contribution in [0.2, 0.25) is 0 Å². The molecule has 15 heavy (non-hydrogen) atoms. The molecular formula is C9H12FNO3S. The molecule has 4 nitrogen and oxygen atoms in total. The first-order valence-corrected chi connectivity index (χ1v) is 5.82. The van der Waals surface area contributed by atoms with Gasteiger partial charge in [-0.3, -0.25) is 0 Å². The fraction of sp³-hybridized carbons (Fsp3) is 0.333. The highest BCUT2D eigenvalue weighted by atomic mass is 32.2. The molecule has 0 aliphatic heterocycles. The number of nitrogens with one attached hydrogen (secondary N) is 1. The Kier molecular flexibility index (Phi) is 3.78. The van der Waals surface area contributed by atoms with Crippen LogP contribution in [0.25, 0.3) is 0 Å². The van der Waals surface area contributed by atoms with Crippen LogP contribution in [0.15, 0.2) is 23.1 Å². The number of aliphatic hydroxyl groups is 1. The largest absolute Gasteiger partial charge is 0.395 e. The van der Waals surface area contributed by atoms with E-state index in [1.807, 2.05) is 0 Å². The Morgan fingerprint density at radius 1 is 1.47 bits per heavy atom. The molecule has 0 aromatic heterocycles. The lowest BCUT2D eigenvalue weighted by Crippen LogP contribution is -2.27. The van der Waals surface area contributed by atoms with Gasteiger partial charge in [-0.15, -0.1) is 0 Å². The van der Waals surface area contributed by atoms with Gasteiger partial charge in [-0.25, -0.2) is 17.5 Å². The van der Waals surface area contributed by atoms with Gasteiger partial charge in [0.1, 0.15) is 10.7 Å². The Bertz CT molecular complexity index is 445. The van der Waals surface area contributed by atoms with E-state index in [0.717, 1.165) is 6.07 Å². The SMILES string of the molecule is Cc1ccc(S(=O)(=O)NCCO)c(F)c1. The molecule has 1 aromatic rings. The summed E-state index contributed by atoms with van der Waals surface area (Å²) in [5.74, 6) is -0.791. The second-order valence-electron chi connectivity index (χ2n) is 3.06. The summed E-state index contributed by atoms with van der Waals surface area (Å²) in [5.41, 5.74) is 0.647. The molecule has 84 valence electrons. The maximum absolute atomic E-state index is 13.3. The van der Waals surface area contributed by atoms with Crippen LogP contribution in [-0.2, 0) is 10.0 Å². The molecule has 1 rings (SSSR count). The topological polar surface area (TPSA) is 66.4 Å². The van der Waals surface area contributed by atoms with Gasteiger partial charge in [0.2, 0.25) is 10.0 Å². The minimum absolute atomic E-state index is 0.129. The molecule has 0 saturated heterocycles. The zero-order valence-corrected chi connectivity index (χ0v) is 9.01. The van der Waals surface area contributed by atoms with Crippen molar-refractivity contribution >= 4 is 10.0 Å². The van der Waals surface area contributed by atoms with Gasteiger partial charge in [-0.1, -0.05) is 6.07 Å². The average Bonchev–Trinajstić information content (AvgIpc) is 2.14. The van der Waals surface area contributed by atoms with Crippen molar-refractivity contribution in [2.45, 2.75) is 11.8 Å². The summed E-state index contributed by atoms with van der Waals surface area (Å²) in [6.45, 7) is 1.21. The first-order chi connectivity index (χ1) is 6.97. The van der Waals surface area contributed by atoms with Gasteiger partial charge in [-0.2, -0.15) is 0 Å². The first-order valence-electron chi connectivity index (χ1n) is 4.34.